The van der Waals surface area contributed by atoms with E-state index in [1.165, 1.54) is 6.92 Å². The summed E-state index contributed by atoms with van der Waals surface area (Å²) in [6.07, 6.45) is 2.92. The van der Waals surface area contributed by atoms with Crippen molar-refractivity contribution in [3.05, 3.63) is 60.2 Å². The van der Waals surface area contributed by atoms with Crippen LogP contribution in [0.2, 0.25) is 0 Å². The Bertz CT molecular complexity index is 941. The van der Waals surface area contributed by atoms with Crippen LogP contribution in [-0.4, -0.2) is 41.2 Å². The molecule has 0 radical (unpaired) electrons. The first kappa shape index (κ1) is 24.5. The maximum Gasteiger partial charge on any atom is 0.245 e. The number of benzene rings is 2. The lowest BCUT2D eigenvalue weighted by atomic mass is 10.0. The molecule has 176 valence electrons. The van der Waals surface area contributed by atoms with Gasteiger partial charge in [-0.25, -0.2) is 0 Å². The molecule has 1 saturated heterocycles. The van der Waals surface area contributed by atoms with Crippen molar-refractivity contribution in [2.24, 2.45) is 5.92 Å². The number of amides is 3. The van der Waals surface area contributed by atoms with Crippen LogP contribution >= 0.6 is 0 Å². The molecular formula is C27H35N3O3. The maximum absolute atomic E-state index is 13.3. The predicted molar refractivity (Wildman–Crippen MR) is 130 cm³/mol. The van der Waals surface area contributed by atoms with Crippen molar-refractivity contribution < 1.29 is 14.4 Å². The molecule has 3 amide bonds. The van der Waals surface area contributed by atoms with Crippen LogP contribution in [-0.2, 0) is 20.9 Å². The van der Waals surface area contributed by atoms with Gasteiger partial charge in [-0.1, -0.05) is 68.4 Å². The summed E-state index contributed by atoms with van der Waals surface area (Å²) in [5, 5.41) is 5.65. The SMILES string of the molecule is CC(=O)NC(CC(C)C)C(=O)NC1CCCCN(Cc2ccc(-c3ccccc3)cc2)C1=O. The minimum Gasteiger partial charge on any atom is -0.345 e. The molecule has 2 aromatic rings. The number of nitrogens with zero attached hydrogens (tertiary/aromatic N) is 1. The third-order valence-electron chi connectivity index (χ3n) is 5.93. The summed E-state index contributed by atoms with van der Waals surface area (Å²) < 4.78 is 0. The molecule has 0 spiro atoms. The Kier molecular flexibility index (Phi) is 8.64. The summed E-state index contributed by atoms with van der Waals surface area (Å²) in [5.74, 6) is -0.346. The predicted octanol–water partition coefficient (Wildman–Crippen LogP) is 3.90. The fourth-order valence-electron chi connectivity index (χ4n) is 4.27. The van der Waals surface area contributed by atoms with E-state index in [1.54, 1.807) is 0 Å². The number of hydrogen-bond acceptors (Lipinski definition) is 3. The zero-order valence-corrected chi connectivity index (χ0v) is 19.8. The van der Waals surface area contributed by atoms with Crippen LogP contribution in [0.15, 0.2) is 54.6 Å². The van der Waals surface area contributed by atoms with Gasteiger partial charge in [0.25, 0.3) is 0 Å². The minimum atomic E-state index is -0.627. The van der Waals surface area contributed by atoms with Crippen LogP contribution in [0.25, 0.3) is 11.1 Å². The Morgan fingerprint density at radius 3 is 2.30 bits per heavy atom. The van der Waals surface area contributed by atoms with Crippen molar-refractivity contribution in [1.82, 2.24) is 15.5 Å². The Hall–Kier alpha value is -3.15. The van der Waals surface area contributed by atoms with Gasteiger partial charge in [0.2, 0.25) is 17.7 Å². The molecule has 1 aliphatic heterocycles. The third-order valence-corrected chi connectivity index (χ3v) is 5.93. The number of carbonyl (C=O) groups excluding carboxylic acids is 3. The Morgan fingerprint density at radius 2 is 1.67 bits per heavy atom. The molecule has 6 heteroatoms. The standard InChI is InChI=1S/C27H35N3O3/c1-19(2)17-25(28-20(3)31)26(32)29-24-11-7-8-16-30(27(24)33)18-21-12-14-23(15-13-21)22-9-5-4-6-10-22/h4-6,9-10,12-15,19,24-25H,7-8,11,16-18H2,1-3H3,(H,28,31)(H,29,32). The van der Waals surface area contributed by atoms with Gasteiger partial charge >= 0.3 is 0 Å². The molecule has 2 aromatic carbocycles. The number of rotatable bonds is 8. The third kappa shape index (κ3) is 7.17. The number of likely N-dealkylation sites (tertiary alicyclic amines) is 1. The summed E-state index contributed by atoms with van der Waals surface area (Å²) in [6, 6.07) is 17.3. The van der Waals surface area contributed by atoms with E-state index in [-0.39, 0.29) is 23.6 Å². The first-order valence-electron chi connectivity index (χ1n) is 11.8. The molecule has 2 N–H and O–H groups in total. The van der Waals surface area contributed by atoms with Gasteiger partial charge in [0.1, 0.15) is 12.1 Å². The monoisotopic (exact) mass is 449 g/mol. The molecule has 6 nitrogen and oxygen atoms in total. The van der Waals surface area contributed by atoms with Crippen molar-refractivity contribution in [3.8, 4) is 11.1 Å². The fourth-order valence-corrected chi connectivity index (χ4v) is 4.27. The summed E-state index contributed by atoms with van der Waals surface area (Å²) in [6.45, 7) is 6.60. The van der Waals surface area contributed by atoms with Crippen molar-refractivity contribution in [2.45, 2.75) is 65.1 Å². The van der Waals surface area contributed by atoms with Crippen LogP contribution < -0.4 is 10.6 Å². The van der Waals surface area contributed by atoms with Crippen molar-refractivity contribution >= 4 is 17.7 Å². The molecule has 0 aliphatic carbocycles. The average molecular weight is 450 g/mol. The lowest BCUT2D eigenvalue weighted by molar-refractivity contribution is -0.137. The molecule has 0 saturated carbocycles. The van der Waals surface area contributed by atoms with Crippen molar-refractivity contribution in [2.75, 3.05) is 6.54 Å². The average Bonchev–Trinajstić information content (AvgIpc) is 2.95. The van der Waals surface area contributed by atoms with Gasteiger partial charge in [0.15, 0.2) is 0 Å². The van der Waals surface area contributed by atoms with Gasteiger partial charge < -0.3 is 15.5 Å². The summed E-state index contributed by atoms with van der Waals surface area (Å²) >= 11 is 0. The van der Waals surface area contributed by atoms with Gasteiger partial charge in [-0.3, -0.25) is 14.4 Å². The van der Waals surface area contributed by atoms with E-state index in [0.29, 0.717) is 25.9 Å². The van der Waals surface area contributed by atoms with E-state index in [4.69, 9.17) is 0 Å². The van der Waals surface area contributed by atoms with Gasteiger partial charge in [-0.15, -0.1) is 0 Å². The lowest BCUT2D eigenvalue weighted by Crippen LogP contribution is -2.53. The zero-order valence-electron chi connectivity index (χ0n) is 19.8. The molecule has 0 aromatic heterocycles. The van der Waals surface area contributed by atoms with Crippen LogP contribution in [0.3, 0.4) is 0 Å². The van der Waals surface area contributed by atoms with Gasteiger partial charge in [-0.2, -0.15) is 0 Å². The molecule has 33 heavy (non-hydrogen) atoms. The fraction of sp³-hybridized carbons (Fsp3) is 0.444. The van der Waals surface area contributed by atoms with Crippen LogP contribution in [0.4, 0.5) is 0 Å². The highest BCUT2D eigenvalue weighted by molar-refractivity contribution is 5.91. The van der Waals surface area contributed by atoms with Gasteiger partial charge in [-0.05, 0) is 48.3 Å². The van der Waals surface area contributed by atoms with Crippen molar-refractivity contribution in [3.63, 3.8) is 0 Å². The van der Waals surface area contributed by atoms with Gasteiger partial charge in [0.05, 0.1) is 0 Å². The zero-order chi connectivity index (χ0) is 23.8. The Morgan fingerprint density at radius 1 is 1.00 bits per heavy atom. The molecule has 0 bridgehead atoms. The topological polar surface area (TPSA) is 78.5 Å². The van der Waals surface area contributed by atoms with Crippen LogP contribution in [0, 0.1) is 5.92 Å². The highest BCUT2D eigenvalue weighted by Gasteiger charge is 2.31. The number of carbonyl (C=O) groups is 3. The highest BCUT2D eigenvalue weighted by atomic mass is 16.2. The van der Waals surface area contributed by atoms with Crippen LogP contribution in [0.5, 0.6) is 0 Å². The summed E-state index contributed by atoms with van der Waals surface area (Å²) in [4.78, 5) is 39.5. The van der Waals surface area contributed by atoms with E-state index in [0.717, 1.165) is 29.5 Å². The second-order valence-corrected chi connectivity index (χ2v) is 9.26. The molecule has 1 fully saturated rings. The smallest absolute Gasteiger partial charge is 0.245 e. The van der Waals surface area contributed by atoms with E-state index in [1.807, 2.05) is 36.9 Å². The first-order chi connectivity index (χ1) is 15.8. The van der Waals surface area contributed by atoms with E-state index < -0.39 is 12.1 Å². The number of hydrogen-bond donors (Lipinski definition) is 2. The Labute approximate surface area is 196 Å². The second-order valence-electron chi connectivity index (χ2n) is 9.26. The molecule has 1 aliphatic rings. The summed E-state index contributed by atoms with van der Waals surface area (Å²) in [7, 11) is 0. The molecule has 3 rings (SSSR count). The van der Waals surface area contributed by atoms with Gasteiger partial charge in [0, 0.05) is 20.0 Å². The van der Waals surface area contributed by atoms with Crippen molar-refractivity contribution in [1.29, 1.82) is 0 Å². The largest absolute Gasteiger partial charge is 0.345 e. The lowest BCUT2D eigenvalue weighted by Gasteiger charge is -2.27. The maximum atomic E-state index is 13.3. The van der Waals surface area contributed by atoms with Crippen LogP contribution in [0.1, 0.15) is 52.0 Å². The summed E-state index contributed by atoms with van der Waals surface area (Å²) in [5.41, 5.74) is 3.36. The minimum absolute atomic E-state index is 0.0564. The van der Waals surface area contributed by atoms with E-state index in [2.05, 4.69) is 47.0 Å². The quantitative estimate of drug-likeness (QED) is 0.642. The molecule has 2 unspecified atom stereocenters. The molecule has 2 atom stereocenters. The number of nitrogens with one attached hydrogen (secondary N) is 2. The molecule has 1 heterocycles. The second kappa shape index (κ2) is 11.6. The molecular weight excluding hydrogens is 414 g/mol. The van der Waals surface area contributed by atoms with E-state index in [9.17, 15) is 14.4 Å². The first-order valence-corrected chi connectivity index (χ1v) is 11.8. The normalized spacial score (nSPS) is 17.4. The van der Waals surface area contributed by atoms with E-state index >= 15 is 0 Å². The highest BCUT2D eigenvalue weighted by Crippen LogP contribution is 2.21. The Balaban J connectivity index is 1.66.